The number of aromatic nitrogens is 5. The van der Waals surface area contributed by atoms with Crippen molar-refractivity contribution in [1.29, 1.82) is 0 Å². The van der Waals surface area contributed by atoms with Crippen molar-refractivity contribution >= 4 is 39.2 Å². The molecule has 2 atom stereocenters. The van der Waals surface area contributed by atoms with E-state index in [2.05, 4.69) is 21.8 Å². The third kappa shape index (κ3) is 3.06. The molecule has 0 aromatic carbocycles. The van der Waals surface area contributed by atoms with Crippen LogP contribution in [0.2, 0.25) is 0 Å². The maximum atomic E-state index is 12.6. The van der Waals surface area contributed by atoms with Crippen LogP contribution in [0.1, 0.15) is 13.8 Å². The Bertz CT molecular complexity index is 1170. The molecule has 0 radical (unpaired) electrons. The van der Waals surface area contributed by atoms with Gasteiger partial charge in [0.2, 0.25) is 0 Å². The van der Waals surface area contributed by atoms with E-state index < -0.39 is 11.4 Å². The van der Waals surface area contributed by atoms with Crippen LogP contribution in [-0.2, 0) is 16.1 Å². The Hall–Kier alpha value is -2.62. The van der Waals surface area contributed by atoms with Crippen molar-refractivity contribution in [3.63, 3.8) is 0 Å². The SMILES string of the molecule is CC[S+]([O-])n1ccc2c(N3CCOCC3C)nc(-c3ccnc4[nH]ccc34)nc21. The molecule has 9 heteroatoms. The van der Waals surface area contributed by atoms with Crippen molar-refractivity contribution in [2.24, 2.45) is 0 Å². The lowest BCUT2D eigenvalue weighted by Crippen LogP contribution is -2.44. The van der Waals surface area contributed by atoms with Crippen molar-refractivity contribution in [3.05, 3.63) is 36.8 Å². The molecule has 2 unspecified atom stereocenters. The van der Waals surface area contributed by atoms with Crippen LogP contribution >= 0.6 is 0 Å². The summed E-state index contributed by atoms with van der Waals surface area (Å²) < 4.78 is 20.0. The summed E-state index contributed by atoms with van der Waals surface area (Å²) in [6.45, 7) is 6.10. The average molecular weight is 411 g/mol. The molecule has 0 saturated carbocycles. The molecule has 29 heavy (non-hydrogen) atoms. The Morgan fingerprint density at radius 1 is 1.28 bits per heavy atom. The molecule has 1 fully saturated rings. The van der Waals surface area contributed by atoms with Gasteiger partial charge in [0.1, 0.15) is 17.2 Å². The van der Waals surface area contributed by atoms with Crippen LogP contribution < -0.4 is 4.90 Å². The van der Waals surface area contributed by atoms with Gasteiger partial charge in [-0.1, -0.05) is 0 Å². The van der Waals surface area contributed by atoms with Crippen LogP contribution in [-0.4, -0.2) is 60.0 Å². The molecule has 1 N–H and O–H groups in total. The van der Waals surface area contributed by atoms with Gasteiger partial charge >= 0.3 is 0 Å². The van der Waals surface area contributed by atoms with Crippen molar-refractivity contribution in [1.82, 2.24) is 23.9 Å². The number of aromatic amines is 1. The van der Waals surface area contributed by atoms with E-state index in [9.17, 15) is 4.55 Å². The lowest BCUT2D eigenvalue weighted by atomic mass is 10.1. The second-order valence-corrected chi connectivity index (χ2v) is 8.69. The predicted octanol–water partition coefficient (Wildman–Crippen LogP) is 2.73. The number of H-pyrrole nitrogens is 1. The Kier molecular flexibility index (Phi) is 4.65. The van der Waals surface area contributed by atoms with Gasteiger partial charge in [-0.05, 0) is 32.0 Å². The average Bonchev–Trinajstić information content (AvgIpc) is 3.39. The molecular formula is C20H22N6O2S. The van der Waals surface area contributed by atoms with E-state index in [1.54, 1.807) is 10.2 Å². The summed E-state index contributed by atoms with van der Waals surface area (Å²) in [4.78, 5) is 19.6. The number of nitrogens with zero attached hydrogens (tertiary/aromatic N) is 5. The monoisotopic (exact) mass is 410 g/mol. The topological polar surface area (TPSA) is 94.9 Å². The number of rotatable bonds is 4. The minimum Gasteiger partial charge on any atom is -0.593 e. The largest absolute Gasteiger partial charge is 0.593 e. The fourth-order valence-corrected chi connectivity index (χ4v) is 4.62. The molecule has 0 bridgehead atoms. The van der Waals surface area contributed by atoms with Gasteiger partial charge in [0.25, 0.3) is 0 Å². The van der Waals surface area contributed by atoms with Crippen LogP contribution in [0, 0.1) is 0 Å². The highest BCUT2D eigenvalue weighted by Gasteiger charge is 2.26. The molecule has 8 nitrogen and oxygen atoms in total. The smallest absolute Gasteiger partial charge is 0.191 e. The summed E-state index contributed by atoms with van der Waals surface area (Å²) in [5.41, 5.74) is 2.37. The minimum absolute atomic E-state index is 0.194. The third-order valence-electron chi connectivity index (χ3n) is 5.30. The van der Waals surface area contributed by atoms with Crippen LogP contribution in [0.5, 0.6) is 0 Å². The van der Waals surface area contributed by atoms with Crippen LogP contribution in [0.4, 0.5) is 5.82 Å². The molecule has 0 spiro atoms. The van der Waals surface area contributed by atoms with E-state index in [0.29, 0.717) is 30.4 Å². The zero-order valence-corrected chi connectivity index (χ0v) is 17.1. The molecule has 5 heterocycles. The number of morpholine rings is 1. The first kappa shape index (κ1) is 18.4. The molecule has 1 saturated heterocycles. The molecule has 0 aliphatic carbocycles. The maximum absolute atomic E-state index is 12.6. The van der Waals surface area contributed by atoms with Crippen molar-refractivity contribution in [2.45, 2.75) is 19.9 Å². The summed E-state index contributed by atoms with van der Waals surface area (Å²) in [6, 6.07) is 6.06. The zero-order valence-electron chi connectivity index (χ0n) is 16.3. The van der Waals surface area contributed by atoms with Crippen LogP contribution in [0.25, 0.3) is 33.5 Å². The van der Waals surface area contributed by atoms with E-state index in [1.807, 2.05) is 37.5 Å². The summed E-state index contributed by atoms with van der Waals surface area (Å²) >= 11 is -1.18. The molecule has 0 amide bonds. The van der Waals surface area contributed by atoms with E-state index in [-0.39, 0.29) is 6.04 Å². The second-order valence-electron chi connectivity index (χ2n) is 7.08. The third-order valence-corrected chi connectivity index (χ3v) is 6.53. The number of hydrogen-bond donors (Lipinski definition) is 1. The van der Waals surface area contributed by atoms with Crippen molar-refractivity contribution in [3.8, 4) is 11.4 Å². The fourth-order valence-electron chi connectivity index (χ4n) is 3.82. The highest BCUT2D eigenvalue weighted by atomic mass is 32.2. The normalized spacial score (nSPS) is 18.6. The first-order valence-corrected chi connectivity index (χ1v) is 11.0. The highest BCUT2D eigenvalue weighted by molar-refractivity contribution is 7.90. The molecule has 4 aromatic rings. The van der Waals surface area contributed by atoms with Crippen LogP contribution in [0.15, 0.2) is 36.8 Å². The summed E-state index contributed by atoms with van der Waals surface area (Å²) in [5, 5.41) is 1.87. The highest BCUT2D eigenvalue weighted by Crippen LogP contribution is 2.33. The summed E-state index contributed by atoms with van der Waals surface area (Å²) in [6.07, 6.45) is 5.46. The van der Waals surface area contributed by atoms with E-state index >= 15 is 0 Å². The van der Waals surface area contributed by atoms with Gasteiger partial charge in [-0.25, -0.2) is 15.0 Å². The van der Waals surface area contributed by atoms with Gasteiger partial charge in [-0.15, -0.1) is 0 Å². The predicted molar refractivity (Wildman–Crippen MR) is 114 cm³/mol. The van der Waals surface area contributed by atoms with Gasteiger partial charge in [0, 0.05) is 29.9 Å². The van der Waals surface area contributed by atoms with Gasteiger partial charge in [-0.3, -0.25) is 0 Å². The molecular weight excluding hydrogens is 388 g/mol. The quantitative estimate of drug-likeness (QED) is 0.520. The van der Waals surface area contributed by atoms with Crippen molar-refractivity contribution in [2.75, 3.05) is 30.4 Å². The first-order chi connectivity index (χ1) is 14.2. The van der Waals surface area contributed by atoms with Gasteiger partial charge < -0.3 is 19.2 Å². The number of pyridine rings is 1. The number of hydrogen-bond acceptors (Lipinski definition) is 6. The number of fused-ring (bicyclic) bond motifs is 2. The molecule has 1 aliphatic rings. The fraction of sp³-hybridized carbons (Fsp3) is 0.350. The Balaban J connectivity index is 1.77. The van der Waals surface area contributed by atoms with E-state index in [1.165, 1.54) is 0 Å². The van der Waals surface area contributed by atoms with E-state index in [4.69, 9.17) is 14.7 Å². The lowest BCUT2D eigenvalue weighted by molar-refractivity contribution is 0.0987. The summed E-state index contributed by atoms with van der Waals surface area (Å²) in [7, 11) is 0. The number of nitrogens with one attached hydrogen (secondary N) is 1. The van der Waals surface area contributed by atoms with Crippen LogP contribution in [0.3, 0.4) is 0 Å². The summed E-state index contributed by atoms with van der Waals surface area (Å²) in [5.74, 6) is 1.98. The lowest BCUT2D eigenvalue weighted by Gasteiger charge is -2.34. The molecule has 150 valence electrons. The standard InChI is InChI=1S/C20H22N6O2S/c1-3-29(27)26-9-6-16-19(25-10-11-28-12-13(25)2)23-18(24-20(16)26)15-5-8-22-17-14(15)4-7-21-17/h4-9,13H,3,10-12H2,1-2H3,(H,21,22). The second kappa shape index (κ2) is 7.33. The molecule has 4 aromatic heterocycles. The Labute approximate surface area is 171 Å². The Morgan fingerprint density at radius 2 is 2.17 bits per heavy atom. The van der Waals surface area contributed by atoms with Gasteiger partial charge in [0.15, 0.2) is 11.5 Å². The molecule has 1 aliphatic heterocycles. The van der Waals surface area contributed by atoms with Crippen molar-refractivity contribution < 1.29 is 9.29 Å². The van der Waals surface area contributed by atoms with E-state index in [0.717, 1.165) is 34.3 Å². The van der Waals surface area contributed by atoms with Gasteiger partial charge in [0.05, 0.1) is 42.2 Å². The maximum Gasteiger partial charge on any atom is 0.191 e. The van der Waals surface area contributed by atoms with Gasteiger partial charge in [-0.2, -0.15) is 3.97 Å². The molecule has 5 rings (SSSR count). The first-order valence-electron chi connectivity index (χ1n) is 9.72. The zero-order chi connectivity index (χ0) is 20.0. The Morgan fingerprint density at radius 3 is 3.00 bits per heavy atom. The number of anilines is 1. The minimum atomic E-state index is -1.18. The number of ether oxygens (including phenoxy) is 1.